The van der Waals surface area contributed by atoms with E-state index >= 15 is 0 Å². The van der Waals surface area contributed by atoms with E-state index in [4.69, 9.17) is 11.6 Å². The highest BCUT2D eigenvalue weighted by molar-refractivity contribution is 6.30. The molecule has 0 heterocycles. The Morgan fingerprint density at radius 3 is 2.37 bits per heavy atom. The fourth-order valence-electron chi connectivity index (χ4n) is 3.18. The van der Waals surface area contributed by atoms with Crippen LogP contribution in [0.1, 0.15) is 45.1 Å². The molecule has 2 nitrogen and oxygen atoms in total. The molecule has 1 aliphatic rings. The molecular formula is C16H22ClNO. The van der Waals surface area contributed by atoms with Gasteiger partial charge in [-0.15, -0.1) is 0 Å². The average molecular weight is 280 g/mol. The third kappa shape index (κ3) is 2.94. The van der Waals surface area contributed by atoms with Gasteiger partial charge in [0.25, 0.3) is 0 Å². The van der Waals surface area contributed by atoms with E-state index in [2.05, 4.69) is 31.3 Å². The molecule has 0 aliphatic heterocycles. The molecule has 2 rings (SSSR count). The third-order valence-electron chi connectivity index (χ3n) is 4.31. The van der Waals surface area contributed by atoms with Gasteiger partial charge in [-0.05, 0) is 42.9 Å². The number of halogens is 1. The van der Waals surface area contributed by atoms with Gasteiger partial charge in [0.1, 0.15) is 0 Å². The quantitative estimate of drug-likeness (QED) is 0.786. The zero-order chi connectivity index (χ0) is 13.9. The topological polar surface area (TPSA) is 29.1 Å². The molecule has 0 spiro atoms. The molecule has 1 saturated carbocycles. The summed E-state index contributed by atoms with van der Waals surface area (Å²) < 4.78 is 0. The molecule has 1 amide bonds. The SMILES string of the molecule is CC(C)C[C@@H](NC=O)C1(c2ccc(Cl)cc2)CCC1. The van der Waals surface area contributed by atoms with Gasteiger partial charge < -0.3 is 5.32 Å². The molecular weight excluding hydrogens is 258 g/mol. The molecule has 0 radical (unpaired) electrons. The van der Waals surface area contributed by atoms with Gasteiger partial charge in [-0.2, -0.15) is 0 Å². The predicted octanol–water partition coefficient (Wildman–Crippen LogP) is 3.92. The maximum absolute atomic E-state index is 10.9. The molecule has 1 N–H and O–H groups in total. The van der Waals surface area contributed by atoms with Crippen molar-refractivity contribution >= 4 is 18.0 Å². The summed E-state index contributed by atoms with van der Waals surface area (Å²) in [4.78, 5) is 10.9. The number of hydrogen-bond acceptors (Lipinski definition) is 1. The van der Waals surface area contributed by atoms with Crippen LogP contribution in [-0.2, 0) is 10.2 Å². The van der Waals surface area contributed by atoms with E-state index < -0.39 is 0 Å². The maximum Gasteiger partial charge on any atom is 0.207 e. The van der Waals surface area contributed by atoms with Crippen molar-refractivity contribution in [1.29, 1.82) is 0 Å². The standard InChI is InChI=1S/C16H22ClNO/c1-12(2)10-15(18-11-19)16(8-3-9-16)13-4-6-14(17)7-5-13/h4-7,11-12,15H,3,8-10H2,1-2H3,(H,18,19)/t15-/m1/s1. The van der Waals surface area contributed by atoms with Crippen LogP contribution in [0.4, 0.5) is 0 Å². The monoisotopic (exact) mass is 279 g/mol. The van der Waals surface area contributed by atoms with E-state index in [0.717, 1.165) is 30.7 Å². The fraction of sp³-hybridized carbons (Fsp3) is 0.562. The lowest BCUT2D eigenvalue weighted by atomic mass is 9.59. The minimum absolute atomic E-state index is 0.107. The largest absolute Gasteiger partial charge is 0.355 e. The fourth-order valence-corrected chi connectivity index (χ4v) is 3.31. The highest BCUT2D eigenvalue weighted by atomic mass is 35.5. The van der Waals surface area contributed by atoms with Crippen LogP contribution < -0.4 is 5.32 Å². The van der Waals surface area contributed by atoms with E-state index in [9.17, 15) is 4.79 Å². The number of rotatable bonds is 6. The minimum Gasteiger partial charge on any atom is -0.355 e. The first kappa shape index (κ1) is 14.4. The van der Waals surface area contributed by atoms with Gasteiger partial charge in [-0.25, -0.2) is 0 Å². The van der Waals surface area contributed by atoms with Crippen LogP contribution in [0.3, 0.4) is 0 Å². The second-order valence-electron chi connectivity index (χ2n) is 5.98. The van der Waals surface area contributed by atoms with Crippen molar-refractivity contribution in [1.82, 2.24) is 5.32 Å². The summed E-state index contributed by atoms with van der Waals surface area (Å²) in [5.41, 5.74) is 1.42. The number of nitrogens with one attached hydrogen (secondary N) is 1. The van der Waals surface area contributed by atoms with Crippen molar-refractivity contribution in [2.75, 3.05) is 0 Å². The van der Waals surface area contributed by atoms with Crippen molar-refractivity contribution in [2.24, 2.45) is 5.92 Å². The number of benzene rings is 1. The highest BCUT2D eigenvalue weighted by Crippen LogP contribution is 2.48. The molecule has 0 aromatic heterocycles. The normalized spacial score (nSPS) is 18.7. The Balaban J connectivity index is 2.28. The summed E-state index contributed by atoms with van der Waals surface area (Å²) in [5, 5.41) is 3.82. The van der Waals surface area contributed by atoms with E-state index in [0.29, 0.717) is 5.92 Å². The summed E-state index contributed by atoms with van der Waals surface area (Å²) >= 11 is 5.98. The number of amides is 1. The van der Waals surface area contributed by atoms with Gasteiger partial charge in [-0.1, -0.05) is 44.0 Å². The molecule has 19 heavy (non-hydrogen) atoms. The highest BCUT2D eigenvalue weighted by Gasteiger charge is 2.45. The zero-order valence-electron chi connectivity index (χ0n) is 11.7. The third-order valence-corrected chi connectivity index (χ3v) is 4.56. The van der Waals surface area contributed by atoms with Gasteiger partial charge in [0.05, 0.1) is 0 Å². The van der Waals surface area contributed by atoms with Gasteiger partial charge in [0.15, 0.2) is 0 Å². The van der Waals surface area contributed by atoms with E-state index in [1.807, 2.05) is 12.1 Å². The number of hydrogen-bond donors (Lipinski definition) is 1. The van der Waals surface area contributed by atoms with Gasteiger partial charge >= 0.3 is 0 Å². The Morgan fingerprint density at radius 1 is 1.32 bits per heavy atom. The maximum atomic E-state index is 10.9. The average Bonchev–Trinajstić information content (AvgIpc) is 2.29. The molecule has 1 fully saturated rings. The van der Waals surface area contributed by atoms with Gasteiger partial charge in [-0.3, -0.25) is 4.79 Å². The molecule has 104 valence electrons. The van der Waals surface area contributed by atoms with Crippen LogP contribution >= 0.6 is 11.6 Å². The van der Waals surface area contributed by atoms with Crippen LogP contribution in [0.15, 0.2) is 24.3 Å². The Kier molecular flexibility index (Phi) is 4.51. The first-order valence-corrected chi connectivity index (χ1v) is 7.42. The Labute approximate surface area is 120 Å². The summed E-state index contributed by atoms with van der Waals surface area (Å²) in [5.74, 6) is 0.572. The molecule has 0 saturated heterocycles. The minimum atomic E-state index is 0.107. The lowest BCUT2D eigenvalue weighted by Gasteiger charge is -2.48. The smallest absolute Gasteiger partial charge is 0.207 e. The molecule has 1 aromatic rings. The van der Waals surface area contributed by atoms with Crippen molar-refractivity contribution in [3.8, 4) is 0 Å². The van der Waals surface area contributed by atoms with Crippen molar-refractivity contribution in [2.45, 2.75) is 51.0 Å². The molecule has 1 atom stereocenters. The van der Waals surface area contributed by atoms with Gasteiger partial charge in [0.2, 0.25) is 6.41 Å². The lowest BCUT2D eigenvalue weighted by Crippen LogP contribution is -2.53. The van der Waals surface area contributed by atoms with Crippen LogP contribution in [-0.4, -0.2) is 12.5 Å². The van der Waals surface area contributed by atoms with E-state index in [1.165, 1.54) is 12.0 Å². The lowest BCUT2D eigenvalue weighted by molar-refractivity contribution is -0.111. The van der Waals surface area contributed by atoms with Crippen molar-refractivity contribution in [3.05, 3.63) is 34.9 Å². The number of carbonyl (C=O) groups is 1. The summed E-state index contributed by atoms with van der Waals surface area (Å²) in [7, 11) is 0. The second-order valence-corrected chi connectivity index (χ2v) is 6.42. The summed E-state index contributed by atoms with van der Waals surface area (Å²) in [6.07, 6.45) is 5.39. The van der Waals surface area contributed by atoms with Crippen LogP contribution in [0.5, 0.6) is 0 Å². The Hall–Kier alpha value is -1.02. The van der Waals surface area contributed by atoms with Crippen LogP contribution in [0.25, 0.3) is 0 Å². The Morgan fingerprint density at radius 2 is 1.95 bits per heavy atom. The first-order valence-electron chi connectivity index (χ1n) is 7.04. The summed E-state index contributed by atoms with van der Waals surface area (Å²) in [6, 6.07) is 8.34. The van der Waals surface area contributed by atoms with Crippen molar-refractivity contribution < 1.29 is 4.79 Å². The molecule has 0 bridgehead atoms. The van der Waals surface area contributed by atoms with Crippen molar-refractivity contribution in [3.63, 3.8) is 0 Å². The zero-order valence-corrected chi connectivity index (χ0v) is 12.4. The number of carbonyl (C=O) groups excluding carboxylic acids is 1. The second kappa shape index (κ2) is 5.96. The van der Waals surface area contributed by atoms with Crippen LogP contribution in [0.2, 0.25) is 5.02 Å². The molecule has 1 aliphatic carbocycles. The Bertz CT molecular complexity index is 423. The molecule has 0 unspecified atom stereocenters. The summed E-state index contributed by atoms with van der Waals surface area (Å²) in [6.45, 7) is 4.40. The predicted molar refractivity (Wildman–Crippen MR) is 79.4 cm³/mol. The van der Waals surface area contributed by atoms with E-state index in [-0.39, 0.29) is 11.5 Å². The van der Waals surface area contributed by atoms with E-state index in [1.54, 1.807) is 0 Å². The first-order chi connectivity index (χ1) is 9.08. The van der Waals surface area contributed by atoms with Gasteiger partial charge in [0, 0.05) is 16.5 Å². The van der Waals surface area contributed by atoms with Crippen LogP contribution in [0, 0.1) is 5.92 Å². The molecule has 3 heteroatoms. The molecule has 1 aromatic carbocycles.